The number of carbonyl (C=O) groups excluding carboxylic acids is 1. The van der Waals surface area contributed by atoms with Crippen LogP contribution in [0.4, 0.5) is 11.5 Å². The standard InChI is InChI=1S/C20H21N5O3/c26-19(22-14-7-8-18(21-11-14)25-9-3-4-10-25)13-28-12-17-23-16-6-2-1-5-15(16)20(27)24-17/h1-2,5-8,11H,3-4,9-10,12-13H2,(H,22,26)(H,23,24,27). The van der Waals surface area contributed by atoms with Crippen LogP contribution in [0.25, 0.3) is 10.9 Å². The summed E-state index contributed by atoms with van der Waals surface area (Å²) in [5.74, 6) is 1.02. The van der Waals surface area contributed by atoms with E-state index in [0.29, 0.717) is 22.4 Å². The van der Waals surface area contributed by atoms with Gasteiger partial charge in [0.25, 0.3) is 5.56 Å². The Morgan fingerprint density at radius 2 is 2.00 bits per heavy atom. The van der Waals surface area contributed by atoms with E-state index in [1.165, 1.54) is 12.8 Å². The number of amides is 1. The maximum Gasteiger partial charge on any atom is 0.258 e. The van der Waals surface area contributed by atoms with E-state index in [2.05, 4.69) is 25.2 Å². The van der Waals surface area contributed by atoms with Gasteiger partial charge >= 0.3 is 0 Å². The van der Waals surface area contributed by atoms with Gasteiger partial charge in [0, 0.05) is 13.1 Å². The summed E-state index contributed by atoms with van der Waals surface area (Å²) in [4.78, 5) is 37.7. The Balaban J connectivity index is 1.29. The number of rotatable bonds is 6. The number of carbonyl (C=O) groups is 1. The number of ether oxygens (including phenoxy) is 1. The number of hydrogen-bond acceptors (Lipinski definition) is 6. The molecule has 0 unspecified atom stereocenters. The van der Waals surface area contributed by atoms with Crippen LogP contribution in [0.1, 0.15) is 18.7 Å². The average molecular weight is 379 g/mol. The van der Waals surface area contributed by atoms with Gasteiger partial charge in [0.1, 0.15) is 24.9 Å². The van der Waals surface area contributed by atoms with Gasteiger partial charge in [-0.1, -0.05) is 12.1 Å². The summed E-state index contributed by atoms with van der Waals surface area (Å²) >= 11 is 0. The predicted octanol–water partition coefficient (Wildman–Crippen LogP) is 2.07. The lowest BCUT2D eigenvalue weighted by Crippen LogP contribution is -2.21. The van der Waals surface area contributed by atoms with E-state index >= 15 is 0 Å². The number of aromatic nitrogens is 3. The van der Waals surface area contributed by atoms with Crippen LogP contribution >= 0.6 is 0 Å². The first-order chi connectivity index (χ1) is 13.7. The van der Waals surface area contributed by atoms with Crippen molar-refractivity contribution in [2.24, 2.45) is 0 Å². The fourth-order valence-corrected chi connectivity index (χ4v) is 3.23. The molecule has 0 saturated carbocycles. The first kappa shape index (κ1) is 18.1. The Morgan fingerprint density at radius 1 is 1.18 bits per heavy atom. The molecule has 4 rings (SSSR count). The summed E-state index contributed by atoms with van der Waals surface area (Å²) in [6.45, 7) is 1.94. The van der Waals surface area contributed by atoms with Crippen molar-refractivity contribution in [3.8, 4) is 0 Å². The predicted molar refractivity (Wildman–Crippen MR) is 106 cm³/mol. The molecular formula is C20H21N5O3. The van der Waals surface area contributed by atoms with Gasteiger partial charge in [0.05, 0.1) is 22.8 Å². The lowest BCUT2D eigenvalue weighted by molar-refractivity contribution is -0.121. The number of hydrogen-bond donors (Lipinski definition) is 2. The molecule has 1 fully saturated rings. The second kappa shape index (κ2) is 8.18. The number of aromatic amines is 1. The van der Waals surface area contributed by atoms with Crippen molar-refractivity contribution >= 4 is 28.3 Å². The highest BCUT2D eigenvalue weighted by molar-refractivity contribution is 5.91. The van der Waals surface area contributed by atoms with E-state index in [9.17, 15) is 9.59 Å². The summed E-state index contributed by atoms with van der Waals surface area (Å²) < 4.78 is 5.39. The molecule has 28 heavy (non-hydrogen) atoms. The van der Waals surface area contributed by atoms with Crippen molar-refractivity contribution in [3.05, 3.63) is 58.8 Å². The molecule has 0 bridgehead atoms. The minimum atomic E-state index is -0.293. The van der Waals surface area contributed by atoms with Crippen LogP contribution in [0, 0.1) is 0 Å². The summed E-state index contributed by atoms with van der Waals surface area (Å²) in [7, 11) is 0. The molecule has 0 radical (unpaired) electrons. The number of pyridine rings is 1. The van der Waals surface area contributed by atoms with Gasteiger partial charge in [0.2, 0.25) is 5.91 Å². The normalized spacial score (nSPS) is 13.8. The third-order valence-corrected chi connectivity index (χ3v) is 4.60. The van der Waals surface area contributed by atoms with Crippen LogP contribution in [0.2, 0.25) is 0 Å². The van der Waals surface area contributed by atoms with E-state index < -0.39 is 0 Å². The Morgan fingerprint density at radius 3 is 2.79 bits per heavy atom. The molecule has 0 aliphatic carbocycles. The number of nitrogens with one attached hydrogen (secondary N) is 2. The monoisotopic (exact) mass is 379 g/mol. The maximum atomic E-state index is 12.1. The van der Waals surface area contributed by atoms with Gasteiger partial charge in [-0.3, -0.25) is 9.59 Å². The zero-order valence-corrected chi connectivity index (χ0v) is 15.4. The second-order valence-corrected chi connectivity index (χ2v) is 6.67. The molecule has 3 aromatic rings. The highest BCUT2D eigenvalue weighted by Crippen LogP contribution is 2.19. The van der Waals surface area contributed by atoms with E-state index in [1.807, 2.05) is 18.2 Å². The van der Waals surface area contributed by atoms with E-state index in [-0.39, 0.29) is 24.7 Å². The molecule has 3 heterocycles. The highest BCUT2D eigenvalue weighted by Gasteiger charge is 2.13. The van der Waals surface area contributed by atoms with Gasteiger partial charge in [-0.15, -0.1) is 0 Å². The molecular weight excluding hydrogens is 358 g/mol. The summed E-state index contributed by atoms with van der Waals surface area (Å²) in [6.07, 6.45) is 4.03. The van der Waals surface area contributed by atoms with Crippen molar-refractivity contribution < 1.29 is 9.53 Å². The van der Waals surface area contributed by atoms with Crippen LogP contribution in [-0.4, -0.2) is 40.6 Å². The van der Waals surface area contributed by atoms with Gasteiger partial charge < -0.3 is 19.9 Å². The molecule has 0 atom stereocenters. The molecule has 8 heteroatoms. The van der Waals surface area contributed by atoms with Gasteiger partial charge in [0.15, 0.2) is 0 Å². The first-order valence-corrected chi connectivity index (χ1v) is 9.25. The fourth-order valence-electron chi connectivity index (χ4n) is 3.23. The van der Waals surface area contributed by atoms with Crippen molar-refractivity contribution in [3.63, 3.8) is 0 Å². The van der Waals surface area contributed by atoms with Crippen LogP contribution < -0.4 is 15.8 Å². The Kier molecular flexibility index (Phi) is 5.29. The molecule has 8 nitrogen and oxygen atoms in total. The molecule has 2 aromatic heterocycles. The quantitative estimate of drug-likeness (QED) is 0.680. The number of nitrogens with zero attached hydrogens (tertiary/aromatic N) is 3. The maximum absolute atomic E-state index is 12.1. The minimum Gasteiger partial charge on any atom is -0.364 e. The van der Waals surface area contributed by atoms with Crippen LogP contribution in [0.5, 0.6) is 0 Å². The van der Waals surface area contributed by atoms with Crippen LogP contribution in [0.3, 0.4) is 0 Å². The van der Waals surface area contributed by atoms with Crippen LogP contribution in [-0.2, 0) is 16.1 Å². The van der Waals surface area contributed by atoms with Crippen LogP contribution in [0.15, 0.2) is 47.4 Å². The molecule has 2 N–H and O–H groups in total. The number of fused-ring (bicyclic) bond motifs is 1. The Hall–Kier alpha value is -3.26. The zero-order valence-electron chi connectivity index (χ0n) is 15.4. The molecule has 0 spiro atoms. The lowest BCUT2D eigenvalue weighted by Gasteiger charge is -2.16. The largest absolute Gasteiger partial charge is 0.364 e. The van der Waals surface area contributed by atoms with Gasteiger partial charge in [-0.25, -0.2) is 9.97 Å². The number of anilines is 2. The highest BCUT2D eigenvalue weighted by atomic mass is 16.5. The van der Waals surface area contributed by atoms with Crippen molar-refractivity contribution in [1.82, 2.24) is 15.0 Å². The summed E-state index contributed by atoms with van der Waals surface area (Å²) in [5.41, 5.74) is 0.991. The third-order valence-electron chi connectivity index (χ3n) is 4.60. The van der Waals surface area contributed by atoms with Crippen molar-refractivity contribution in [2.45, 2.75) is 19.4 Å². The van der Waals surface area contributed by atoms with Crippen molar-refractivity contribution in [1.29, 1.82) is 0 Å². The lowest BCUT2D eigenvalue weighted by atomic mass is 10.2. The zero-order chi connectivity index (χ0) is 19.3. The summed E-state index contributed by atoms with van der Waals surface area (Å²) in [6, 6.07) is 10.8. The first-order valence-electron chi connectivity index (χ1n) is 9.25. The molecule has 1 amide bonds. The summed E-state index contributed by atoms with van der Waals surface area (Å²) in [5, 5.41) is 3.27. The number of para-hydroxylation sites is 1. The molecule has 1 saturated heterocycles. The van der Waals surface area contributed by atoms with E-state index in [1.54, 1.807) is 24.4 Å². The average Bonchev–Trinajstić information content (AvgIpc) is 3.23. The SMILES string of the molecule is O=C(COCc1nc2ccccc2c(=O)[nH]1)Nc1ccc(N2CCCC2)nc1. The molecule has 1 aliphatic heterocycles. The van der Waals surface area contributed by atoms with Crippen molar-refractivity contribution in [2.75, 3.05) is 29.9 Å². The second-order valence-electron chi connectivity index (χ2n) is 6.67. The van der Waals surface area contributed by atoms with E-state index in [0.717, 1.165) is 18.9 Å². The van der Waals surface area contributed by atoms with Gasteiger partial charge in [-0.05, 0) is 37.1 Å². The minimum absolute atomic E-state index is 0.0413. The topological polar surface area (TPSA) is 100 Å². The number of benzene rings is 1. The smallest absolute Gasteiger partial charge is 0.258 e. The van der Waals surface area contributed by atoms with Gasteiger partial charge in [-0.2, -0.15) is 0 Å². The molecule has 144 valence electrons. The number of H-pyrrole nitrogens is 1. The molecule has 1 aliphatic rings. The third kappa shape index (κ3) is 4.17. The molecule has 1 aromatic carbocycles. The van der Waals surface area contributed by atoms with E-state index in [4.69, 9.17) is 4.74 Å². The Bertz CT molecular complexity index is 1030. The Labute approximate surface area is 161 Å². The fraction of sp³-hybridized carbons (Fsp3) is 0.300.